The number of amides is 1. The molecule has 0 aromatic carbocycles. The highest BCUT2D eigenvalue weighted by molar-refractivity contribution is 7.47. The molecule has 3 N–H and O–H groups in total. The molecule has 0 radical (unpaired) electrons. The summed E-state index contributed by atoms with van der Waals surface area (Å²) in [5.74, 6) is -0.200. The molecule has 0 heterocycles. The Morgan fingerprint density at radius 2 is 0.984 bits per heavy atom. The van der Waals surface area contributed by atoms with Gasteiger partial charge in [-0.2, -0.15) is 0 Å². The summed E-state index contributed by atoms with van der Waals surface area (Å²) in [6.45, 7) is 4.61. The Kier molecular flexibility index (Phi) is 41.8. The molecule has 0 saturated heterocycles. The average molecular weight is 886 g/mol. The number of carbonyl (C=O) groups excluding carboxylic acids is 1. The fourth-order valence-corrected chi connectivity index (χ4v) is 7.13. The summed E-state index contributed by atoms with van der Waals surface area (Å²) < 4.78 is 23.6. The molecule has 1 amide bonds. The molecule has 3 unspecified atom stereocenters. The van der Waals surface area contributed by atoms with E-state index in [9.17, 15) is 19.4 Å². The molecule has 8 nitrogen and oxygen atoms in total. The topological polar surface area (TPSA) is 105 Å². The van der Waals surface area contributed by atoms with E-state index in [-0.39, 0.29) is 19.1 Å². The van der Waals surface area contributed by atoms with E-state index in [0.717, 1.165) is 83.5 Å². The predicted molar refractivity (Wildman–Crippen MR) is 267 cm³/mol. The molecule has 0 aliphatic rings. The quantitative estimate of drug-likeness (QED) is 0.0244. The lowest BCUT2D eigenvalue weighted by molar-refractivity contribution is -0.870. The van der Waals surface area contributed by atoms with Crippen molar-refractivity contribution in [1.29, 1.82) is 0 Å². The molecule has 0 bridgehead atoms. The van der Waals surface area contributed by atoms with E-state index in [4.69, 9.17) is 9.05 Å². The zero-order valence-corrected chi connectivity index (χ0v) is 41.2. The molecule has 0 aromatic rings. The average Bonchev–Trinajstić information content (AvgIpc) is 3.23. The maximum absolute atomic E-state index is 12.9. The van der Waals surface area contributed by atoms with E-state index < -0.39 is 20.0 Å². The number of aliphatic hydroxyl groups excluding tert-OH is 1. The smallest absolute Gasteiger partial charge is 0.387 e. The third-order valence-electron chi connectivity index (χ3n) is 10.3. The van der Waals surface area contributed by atoms with Crippen LogP contribution in [0.5, 0.6) is 0 Å². The van der Waals surface area contributed by atoms with Crippen molar-refractivity contribution in [2.24, 2.45) is 0 Å². The number of carbonyl (C=O) groups is 1. The molecule has 356 valence electrons. The van der Waals surface area contributed by atoms with Gasteiger partial charge in [0.1, 0.15) is 13.2 Å². The van der Waals surface area contributed by atoms with E-state index in [1.54, 1.807) is 6.08 Å². The highest BCUT2D eigenvalue weighted by Gasteiger charge is 2.27. The third kappa shape index (κ3) is 45.4. The van der Waals surface area contributed by atoms with E-state index in [0.29, 0.717) is 17.4 Å². The van der Waals surface area contributed by atoms with Gasteiger partial charge in [-0.1, -0.05) is 182 Å². The van der Waals surface area contributed by atoms with Crippen LogP contribution in [0.15, 0.2) is 97.2 Å². The molecular weight excluding hydrogens is 792 g/mol. The lowest BCUT2D eigenvalue weighted by Crippen LogP contribution is -2.45. The van der Waals surface area contributed by atoms with Gasteiger partial charge in [0.15, 0.2) is 0 Å². The van der Waals surface area contributed by atoms with Crippen LogP contribution in [0, 0.1) is 0 Å². The van der Waals surface area contributed by atoms with Crippen LogP contribution in [0.3, 0.4) is 0 Å². The van der Waals surface area contributed by atoms with Crippen molar-refractivity contribution in [1.82, 2.24) is 5.32 Å². The van der Waals surface area contributed by atoms with Gasteiger partial charge in [-0.15, -0.1) is 0 Å². The molecule has 0 fully saturated rings. The Labute approximate surface area is 381 Å². The van der Waals surface area contributed by atoms with Crippen molar-refractivity contribution in [3.05, 3.63) is 97.2 Å². The van der Waals surface area contributed by atoms with E-state index in [2.05, 4.69) is 104 Å². The van der Waals surface area contributed by atoms with E-state index in [1.807, 2.05) is 27.2 Å². The summed E-state index contributed by atoms with van der Waals surface area (Å²) >= 11 is 0. The molecule has 0 rings (SSSR count). The molecule has 62 heavy (non-hydrogen) atoms. The number of aliphatic hydroxyl groups is 1. The normalized spacial score (nSPS) is 15.0. The number of phosphoric acid groups is 1. The Balaban J connectivity index is 4.29. The fourth-order valence-electron chi connectivity index (χ4n) is 6.39. The van der Waals surface area contributed by atoms with Gasteiger partial charge < -0.3 is 19.8 Å². The molecule has 0 saturated carbocycles. The number of hydrogen-bond acceptors (Lipinski definition) is 5. The van der Waals surface area contributed by atoms with Crippen LogP contribution in [0.1, 0.15) is 181 Å². The van der Waals surface area contributed by atoms with Crippen molar-refractivity contribution in [2.45, 2.75) is 193 Å². The highest BCUT2D eigenvalue weighted by atomic mass is 31.2. The lowest BCUT2D eigenvalue weighted by atomic mass is 10.0. The molecule has 3 atom stereocenters. The van der Waals surface area contributed by atoms with Crippen LogP contribution >= 0.6 is 7.82 Å². The number of nitrogens with one attached hydrogen (secondary N) is 1. The van der Waals surface area contributed by atoms with Crippen LogP contribution in [0.25, 0.3) is 0 Å². The summed E-state index contributed by atoms with van der Waals surface area (Å²) in [6, 6.07) is -0.876. The molecule has 0 aliphatic heterocycles. The Morgan fingerprint density at radius 1 is 0.565 bits per heavy atom. The summed E-state index contributed by atoms with van der Waals surface area (Å²) in [6.07, 6.45) is 62.0. The highest BCUT2D eigenvalue weighted by Crippen LogP contribution is 2.43. The zero-order valence-electron chi connectivity index (χ0n) is 40.3. The maximum atomic E-state index is 12.9. The Bertz CT molecular complexity index is 1330. The van der Waals surface area contributed by atoms with Crippen molar-refractivity contribution >= 4 is 13.7 Å². The number of quaternary nitrogens is 1. The number of hydrogen-bond donors (Lipinski definition) is 3. The Hall–Kier alpha value is -2.58. The molecule has 9 heteroatoms. The van der Waals surface area contributed by atoms with Crippen LogP contribution in [-0.4, -0.2) is 73.4 Å². The van der Waals surface area contributed by atoms with Crippen molar-refractivity contribution in [2.75, 3.05) is 40.9 Å². The van der Waals surface area contributed by atoms with E-state index in [1.165, 1.54) is 77.0 Å². The number of allylic oxidation sites excluding steroid dienone is 15. The van der Waals surface area contributed by atoms with Gasteiger partial charge >= 0.3 is 7.82 Å². The summed E-state index contributed by atoms with van der Waals surface area (Å²) in [4.78, 5) is 23.2. The van der Waals surface area contributed by atoms with E-state index >= 15 is 0 Å². The fraction of sp³-hybridized carbons (Fsp3) is 0.679. The second kappa shape index (κ2) is 43.7. The van der Waals surface area contributed by atoms with Crippen LogP contribution in [0.4, 0.5) is 0 Å². The van der Waals surface area contributed by atoms with Crippen molar-refractivity contribution < 1.29 is 32.9 Å². The van der Waals surface area contributed by atoms with Gasteiger partial charge in [-0.25, -0.2) is 4.57 Å². The number of rotatable bonds is 43. The second-order valence-electron chi connectivity index (χ2n) is 17.4. The first kappa shape index (κ1) is 59.4. The number of unbranched alkanes of at least 4 members (excludes halogenated alkanes) is 16. The summed E-state index contributed by atoms with van der Waals surface area (Å²) in [7, 11) is 1.53. The first-order valence-electron chi connectivity index (χ1n) is 24.6. The van der Waals surface area contributed by atoms with Crippen LogP contribution < -0.4 is 5.32 Å². The van der Waals surface area contributed by atoms with Crippen molar-refractivity contribution in [3.8, 4) is 0 Å². The lowest BCUT2D eigenvalue weighted by Gasteiger charge is -2.25. The van der Waals surface area contributed by atoms with Crippen LogP contribution in [-0.2, 0) is 18.4 Å². The predicted octanol–water partition coefficient (Wildman–Crippen LogP) is 14.3. The molecular formula is C53H94N2O6P+. The minimum absolute atomic E-state index is 0.0481. The monoisotopic (exact) mass is 886 g/mol. The maximum Gasteiger partial charge on any atom is 0.472 e. The minimum Gasteiger partial charge on any atom is -0.387 e. The molecule has 0 spiro atoms. The number of phosphoric ester groups is 1. The minimum atomic E-state index is -4.36. The van der Waals surface area contributed by atoms with Gasteiger partial charge in [0.2, 0.25) is 5.91 Å². The second-order valence-corrected chi connectivity index (χ2v) is 18.9. The SMILES string of the molecule is CC/C=C\C/C=C\C/C=C\C/C=C\C/C=C\CCCCCCCCCCCCCC(=O)NC(COP(=O)(O)OCC[N+](C)(C)C)C(O)/C=C/CC/C=C/CC/C=C/CCCCC. The number of likely N-dealkylation sites (N-methyl/N-ethyl adjacent to an activating group) is 1. The first-order chi connectivity index (χ1) is 30.0. The van der Waals surface area contributed by atoms with Gasteiger partial charge in [0, 0.05) is 6.42 Å². The largest absolute Gasteiger partial charge is 0.472 e. The van der Waals surface area contributed by atoms with Crippen molar-refractivity contribution in [3.63, 3.8) is 0 Å². The van der Waals surface area contributed by atoms with Gasteiger partial charge in [0.25, 0.3) is 0 Å². The van der Waals surface area contributed by atoms with Gasteiger partial charge in [-0.3, -0.25) is 13.8 Å². The summed E-state index contributed by atoms with van der Waals surface area (Å²) in [5.41, 5.74) is 0. The standard InChI is InChI=1S/C53H93N2O6P/c1-6-8-10-12-14-16-18-20-21-22-23-24-25-26-27-28-29-30-31-32-33-35-37-39-41-43-45-47-53(57)54-51(50-61-62(58,59)60-49-48-55(3,4)5)52(56)46-44-42-40-38-36-34-19-17-15-13-11-9-7-2/h8,10,14-17,20-21,23-24,26-27,36,38,44,46,51-52,56H,6-7,9,11-13,18-19,22,25,28-35,37,39-43,45,47-50H2,1-5H3,(H-,54,57,58,59)/p+1/b10-8-,16-14-,17-15+,21-20-,24-23-,27-26-,38-36+,46-44+. The van der Waals surface area contributed by atoms with Gasteiger partial charge in [-0.05, 0) is 89.9 Å². The molecule has 0 aliphatic carbocycles. The zero-order chi connectivity index (χ0) is 45.7. The molecule has 0 aromatic heterocycles. The number of nitrogens with zero attached hydrogens (tertiary/aromatic N) is 1. The van der Waals surface area contributed by atoms with Gasteiger partial charge in [0.05, 0.1) is 39.9 Å². The van der Waals surface area contributed by atoms with Crippen LogP contribution in [0.2, 0.25) is 0 Å². The third-order valence-corrected chi connectivity index (χ3v) is 11.2. The first-order valence-corrected chi connectivity index (χ1v) is 26.1. The Morgan fingerprint density at radius 3 is 1.48 bits per heavy atom. The summed E-state index contributed by atoms with van der Waals surface area (Å²) in [5, 5.41) is 13.8.